The molecule has 1 unspecified atom stereocenters. The molecule has 1 amide bonds. The second-order valence-corrected chi connectivity index (χ2v) is 9.33. The lowest BCUT2D eigenvalue weighted by atomic mass is 10.2. The summed E-state index contributed by atoms with van der Waals surface area (Å²) in [6.45, 7) is 4.89. The number of rotatable bonds is 7. The first-order chi connectivity index (χ1) is 16.6. The number of benzene rings is 2. The summed E-state index contributed by atoms with van der Waals surface area (Å²) >= 11 is 0. The lowest BCUT2D eigenvalue weighted by Gasteiger charge is -2.14. The average Bonchev–Trinajstić information content (AvgIpc) is 3.27. The number of fused-ring (bicyclic) bond motifs is 1. The number of esters is 1. The van der Waals surface area contributed by atoms with Crippen molar-refractivity contribution in [1.82, 2.24) is 15.0 Å². The summed E-state index contributed by atoms with van der Waals surface area (Å²) < 4.78 is 38.1. The molecule has 0 fully saturated rings. The largest absolute Gasteiger partial charge is 0.449 e. The molecule has 180 valence electrons. The number of nitrogens with one attached hydrogen (secondary N) is 2. The predicted molar refractivity (Wildman–Crippen MR) is 126 cm³/mol. The first-order valence-corrected chi connectivity index (χ1v) is 11.9. The van der Waals surface area contributed by atoms with E-state index in [0.717, 1.165) is 0 Å². The van der Waals surface area contributed by atoms with Crippen LogP contribution in [0, 0.1) is 13.8 Å². The Morgan fingerprint density at radius 1 is 1.03 bits per heavy atom. The van der Waals surface area contributed by atoms with Gasteiger partial charge in [0.25, 0.3) is 15.9 Å². The number of anilines is 2. The quantitative estimate of drug-likeness (QED) is 0.368. The highest BCUT2D eigenvalue weighted by Crippen LogP contribution is 2.20. The zero-order valence-corrected chi connectivity index (χ0v) is 19.8. The summed E-state index contributed by atoms with van der Waals surface area (Å²) in [6.07, 6.45) is 0.0859. The highest BCUT2D eigenvalue weighted by Gasteiger charge is 2.22. The predicted octanol–water partition coefficient (Wildman–Crippen LogP) is 3.22. The highest BCUT2D eigenvalue weighted by molar-refractivity contribution is 7.92. The van der Waals surface area contributed by atoms with Crippen LogP contribution in [-0.2, 0) is 19.6 Å². The normalized spacial score (nSPS) is 12.2. The van der Waals surface area contributed by atoms with E-state index in [1.165, 1.54) is 43.6 Å². The van der Waals surface area contributed by atoms with Crippen molar-refractivity contribution in [3.63, 3.8) is 0 Å². The van der Waals surface area contributed by atoms with Crippen LogP contribution in [0.15, 0.2) is 64.2 Å². The minimum absolute atomic E-state index is 0.0307. The van der Waals surface area contributed by atoms with Crippen LogP contribution in [0.25, 0.3) is 11.1 Å². The summed E-state index contributed by atoms with van der Waals surface area (Å²) in [7, 11) is -3.94. The van der Waals surface area contributed by atoms with Crippen molar-refractivity contribution in [2.24, 2.45) is 0 Å². The number of sulfonamides is 1. The molecule has 0 radical (unpaired) electrons. The number of oxazole rings is 1. The molecule has 2 aromatic carbocycles. The average molecular weight is 496 g/mol. The van der Waals surface area contributed by atoms with Gasteiger partial charge in [-0.15, -0.1) is 0 Å². The third kappa shape index (κ3) is 5.44. The number of para-hydroxylation sites is 1. The van der Waals surface area contributed by atoms with Crippen molar-refractivity contribution in [1.29, 1.82) is 0 Å². The maximum atomic E-state index is 12.6. The molecule has 0 saturated carbocycles. The van der Waals surface area contributed by atoms with Crippen molar-refractivity contribution >= 4 is 44.6 Å². The monoisotopic (exact) mass is 495 g/mol. The Labute approximate surface area is 200 Å². The molecule has 0 bridgehead atoms. The Hall–Kier alpha value is -4.32. The molecule has 1 atom stereocenters. The van der Waals surface area contributed by atoms with Gasteiger partial charge in [-0.2, -0.15) is 0 Å². The maximum absolute atomic E-state index is 12.6. The fourth-order valence-corrected chi connectivity index (χ4v) is 4.18. The van der Waals surface area contributed by atoms with Gasteiger partial charge in [0.15, 0.2) is 18.1 Å². The summed E-state index contributed by atoms with van der Waals surface area (Å²) in [4.78, 5) is 37.1. The van der Waals surface area contributed by atoms with Crippen molar-refractivity contribution < 1.29 is 27.2 Å². The van der Waals surface area contributed by atoms with E-state index in [-0.39, 0.29) is 16.4 Å². The summed E-state index contributed by atoms with van der Waals surface area (Å²) in [5, 5.41) is 2.58. The fourth-order valence-electron chi connectivity index (χ4n) is 3.24. The Balaban J connectivity index is 1.40. The number of carbonyl (C=O) groups excluding carboxylic acids is 2. The lowest BCUT2D eigenvalue weighted by Crippen LogP contribution is -2.30. The number of aryl methyl sites for hydroxylation is 2. The first-order valence-electron chi connectivity index (χ1n) is 10.4. The van der Waals surface area contributed by atoms with Crippen LogP contribution in [0.3, 0.4) is 0 Å². The van der Waals surface area contributed by atoms with Gasteiger partial charge in [-0.1, -0.05) is 6.07 Å². The number of carbonyl (C=O) groups is 2. The number of ether oxygens (including phenoxy) is 1. The summed E-state index contributed by atoms with van der Waals surface area (Å²) in [5.74, 6) is -1.35. The van der Waals surface area contributed by atoms with Crippen LogP contribution in [0.2, 0.25) is 0 Å². The smallest absolute Gasteiger partial charge is 0.341 e. The van der Waals surface area contributed by atoms with Gasteiger partial charge < -0.3 is 14.5 Å². The number of aromatic nitrogens is 3. The van der Waals surface area contributed by atoms with Crippen molar-refractivity contribution in [2.45, 2.75) is 31.8 Å². The molecule has 2 heterocycles. The SMILES string of the molecule is Cc1cc(C)nc(NS(=O)(=O)c2ccc(NC(=O)C(C)OC(=O)c3cccc4ocnc34)cc2)n1. The molecular weight excluding hydrogens is 474 g/mol. The standard InChI is InChI=1S/C23H21N5O6S/c1-13-11-14(2)26-23(25-13)28-35(31,32)17-9-7-16(8-10-17)27-21(29)15(3)34-22(30)18-5-4-6-19-20(18)24-12-33-19/h4-12,15H,1-3H3,(H,27,29)(H,25,26,28). The van der Waals surface area contributed by atoms with Gasteiger partial charge in [0, 0.05) is 17.1 Å². The molecule has 11 nitrogen and oxygen atoms in total. The third-order valence-corrected chi connectivity index (χ3v) is 6.22. The Morgan fingerprint density at radius 2 is 1.71 bits per heavy atom. The number of hydrogen-bond acceptors (Lipinski definition) is 9. The molecule has 4 aromatic rings. The van der Waals surface area contributed by atoms with E-state index in [2.05, 4.69) is 25.0 Å². The van der Waals surface area contributed by atoms with Crippen LogP contribution >= 0.6 is 0 Å². The van der Waals surface area contributed by atoms with Crippen LogP contribution in [-0.4, -0.2) is 41.4 Å². The van der Waals surface area contributed by atoms with Gasteiger partial charge in [-0.3, -0.25) is 4.79 Å². The van der Waals surface area contributed by atoms with Gasteiger partial charge in [0.2, 0.25) is 5.95 Å². The van der Waals surface area contributed by atoms with Crippen LogP contribution in [0.5, 0.6) is 0 Å². The van der Waals surface area contributed by atoms with Gasteiger partial charge in [-0.05, 0) is 63.2 Å². The number of nitrogens with zero attached hydrogens (tertiary/aromatic N) is 3. The van der Waals surface area contributed by atoms with E-state index in [4.69, 9.17) is 9.15 Å². The minimum atomic E-state index is -3.94. The molecule has 2 aromatic heterocycles. The van der Waals surface area contributed by atoms with Gasteiger partial charge in [-0.25, -0.2) is 32.9 Å². The van der Waals surface area contributed by atoms with Crippen molar-refractivity contribution in [3.8, 4) is 0 Å². The van der Waals surface area contributed by atoms with E-state index in [9.17, 15) is 18.0 Å². The second kappa shape index (κ2) is 9.50. The van der Waals surface area contributed by atoms with E-state index < -0.39 is 28.0 Å². The van der Waals surface area contributed by atoms with Gasteiger partial charge in [0.1, 0.15) is 5.52 Å². The topological polar surface area (TPSA) is 153 Å². The molecule has 35 heavy (non-hydrogen) atoms. The van der Waals surface area contributed by atoms with Crippen molar-refractivity contribution in [2.75, 3.05) is 10.0 Å². The zero-order valence-electron chi connectivity index (χ0n) is 19.0. The molecule has 0 aliphatic heterocycles. The Morgan fingerprint density at radius 3 is 2.40 bits per heavy atom. The zero-order chi connectivity index (χ0) is 25.2. The molecule has 2 N–H and O–H groups in total. The van der Waals surface area contributed by atoms with Crippen molar-refractivity contribution in [3.05, 3.63) is 71.9 Å². The highest BCUT2D eigenvalue weighted by atomic mass is 32.2. The maximum Gasteiger partial charge on any atom is 0.341 e. The van der Waals surface area contributed by atoms with Gasteiger partial charge in [0.05, 0.1) is 10.5 Å². The molecule has 4 rings (SSSR count). The lowest BCUT2D eigenvalue weighted by molar-refractivity contribution is -0.123. The summed E-state index contributed by atoms with van der Waals surface area (Å²) in [5.41, 5.74) is 2.50. The van der Waals surface area contributed by atoms with Crippen LogP contribution in [0.4, 0.5) is 11.6 Å². The molecule has 12 heteroatoms. The molecular formula is C23H21N5O6S. The number of amides is 1. The fraction of sp³-hybridized carbons (Fsp3) is 0.174. The molecule has 0 aliphatic rings. The first kappa shape index (κ1) is 23.8. The molecule has 0 aliphatic carbocycles. The van der Waals surface area contributed by atoms with Gasteiger partial charge >= 0.3 is 5.97 Å². The molecule has 0 saturated heterocycles. The summed E-state index contributed by atoms with van der Waals surface area (Å²) in [6, 6.07) is 12.0. The van der Waals surface area contributed by atoms with E-state index >= 15 is 0 Å². The van der Waals surface area contributed by atoms with E-state index in [1.807, 2.05) is 0 Å². The molecule has 0 spiro atoms. The third-order valence-electron chi connectivity index (χ3n) is 4.87. The Bertz CT molecular complexity index is 1490. The Kier molecular flexibility index (Phi) is 6.47. The van der Waals surface area contributed by atoms with E-state index in [0.29, 0.717) is 28.2 Å². The number of hydrogen-bond donors (Lipinski definition) is 2. The van der Waals surface area contributed by atoms with Crippen LogP contribution < -0.4 is 10.0 Å². The van der Waals surface area contributed by atoms with E-state index in [1.54, 1.807) is 32.0 Å². The second-order valence-electron chi connectivity index (χ2n) is 7.65. The van der Waals surface area contributed by atoms with Crippen LogP contribution in [0.1, 0.15) is 28.7 Å². The minimum Gasteiger partial charge on any atom is -0.449 e.